The quantitative estimate of drug-likeness (QED) is 0.240. The summed E-state index contributed by atoms with van der Waals surface area (Å²) in [6.07, 6.45) is 0.376. The van der Waals surface area contributed by atoms with Gasteiger partial charge in [-0.1, -0.05) is 121 Å². The molecule has 0 spiro atoms. The number of aliphatic hydroxyl groups excluding tert-OH is 1. The Balaban J connectivity index is 1.63. The number of rotatable bonds is 13. The first-order chi connectivity index (χ1) is 18.1. The lowest BCUT2D eigenvalue weighted by atomic mass is 9.88. The number of aliphatic hydroxyl groups is 1. The highest BCUT2D eigenvalue weighted by Crippen LogP contribution is 2.24. The number of aliphatic carboxylic acids is 1. The fourth-order valence-corrected chi connectivity index (χ4v) is 4.91. The minimum absolute atomic E-state index is 0.182. The van der Waals surface area contributed by atoms with Gasteiger partial charge in [0, 0.05) is 19.1 Å². The second-order valence-corrected chi connectivity index (χ2v) is 9.66. The molecule has 4 nitrogen and oxygen atoms in total. The summed E-state index contributed by atoms with van der Waals surface area (Å²) in [5.74, 6) is -1.55. The molecule has 37 heavy (non-hydrogen) atoms. The highest BCUT2D eigenvalue weighted by atomic mass is 16.4. The van der Waals surface area contributed by atoms with Crippen LogP contribution in [0.2, 0.25) is 0 Å². The van der Waals surface area contributed by atoms with Crippen molar-refractivity contribution in [3.05, 3.63) is 144 Å². The fraction of sp³-hybridized carbons (Fsp3) is 0.242. The third-order valence-corrected chi connectivity index (χ3v) is 6.86. The Labute approximate surface area is 219 Å². The van der Waals surface area contributed by atoms with E-state index in [2.05, 4.69) is 41.3 Å². The molecule has 4 heteroatoms. The summed E-state index contributed by atoms with van der Waals surface area (Å²) in [6.45, 7) is 1.31. The van der Waals surface area contributed by atoms with Crippen molar-refractivity contribution < 1.29 is 15.0 Å². The number of hydrogen-bond acceptors (Lipinski definition) is 3. The van der Waals surface area contributed by atoms with Crippen molar-refractivity contribution in [3.63, 3.8) is 0 Å². The van der Waals surface area contributed by atoms with Gasteiger partial charge >= 0.3 is 5.97 Å². The van der Waals surface area contributed by atoms with E-state index >= 15 is 0 Å². The maximum Gasteiger partial charge on any atom is 0.306 e. The first-order valence-corrected chi connectivity index (χ1v) is 12.9. The fourth-order valence-electron chi connectivity index (χ4n) is 4.91. The van der Waals surface area contributed by atoms with Crippen LogP contribution in [0.15, 0.2) is 121 Å². The molecule has 0 saturated heterocycles. The molecular weight excluding hydrogens is 458 g/mol. The third-order valence-electron chi connectivity index (χ3n) is 6.86. The zero-order valence-corrected chi connectivity index (χ0v) is 21.1. The maximum atomic E-state index is 12.2. The molecule has 4 aromatic rings. The van der Waals surface area contributed by atoms with E-state index in [0.29, 0.717) is 25.9 Å². The molecule has 2 N–H and O–H groups in total. The average Bonchev–Trinajstić information content (AvgIpc) is 2.93. The molecule has 4 rings (SSSR count). The molecule has 190 valence electrons. The summed E-state index contributed by atoms with van der Waals surface area (Å²) in [7, 11) is 0. The molecule has 4 aromatic carbocycles. The topological polar surface area (TPSA) is 60.8 Å². The Kier molecular flexibility index (Phi) is 9.64. The average molecular weight is 494 g/mol. The molecule has 0 heterocycles. The molecule has 0 aliphatic rings. The summed E-state index contributed by atoms with van der Waals surface area (Å²) >= 11 is 0. The lowest BCUT2D eigenvalue weighted by Gasteiger charge is -2.36. The minimum Gasteiger partial charge on any atom is -0.481 e. The Bertz CT molecular complexity index is 1160. The van der Waals surface area contributed by atoms with E-state index in [-0.39, 0.29) is 12.5 Å². The smallest absolute Gasteiger partial charge is 0.306 e. The lowest BCUT2D eigenvalue weighted by Crippen LogP contribution is -2.45. The van der Waals surface area contributed by atoms with E-state index in [1.54, 1.807) is 0 Å². The van der Waals surface area contributed by atoms with Gasteiger partial charge < -0.3 is 10.2 Å². The molecular formula is C33H35NO3. The van der Waals surface area contributed by atoms with Crippen LogP contribution in [0.5, 0.6) is 0 Å². The van der Waals surface area contributed by atoms with Crippen LogP contribution in [0.1, 0.15) is 28.7 Å². The summed E-state index contributed by atoms with van der Waals surface area (Å²) in [5, 5.41) is 21.7. The van der Waals surface area contributed by atoms with Crippen LogP contribution in [0.4, 0.5) is 0 Å². The maximum absolute atomic E-state index is 12.2. The Morgan fingerprint density at radius 3 is 1.38 bits per heavy atom. The Morgan fingerprint density at radius 2 is 0.973 bits per heavy atom. The number of nitrogens with zero attached hydrogens (tertiary/aromatic N) is 1. The van der Waals surface area contributed by atoms with Crippen molar-refractivity contribution >= 4 is 5.97 Å². The zero-order valence-electron chi connectivity index (χ0n) is 21.1. The molecule has 0 unspecified atom stereocenters. The molecule has 3 atom stereocenters. The van der Waals surface area contributed by atoms with Gasteiger partial charge in [0.2, 0.25) is 0 Å². The van der Waals surface area contributed by atoms with Crippen LogP contribution in [0.25, 0.3) is 0 Å². The van der Waals surface area contributed by atoms with Gasteiger partial charge in [-0.25, -0.2) is 0 Å². The normalized spacial score (nSPS) is 13.7. The van der Waals surface area contributed by atoms with Crippen LogP contribution < -0.4 is 0 Å². The third kappa shape index (κ3) is 8.14. The van der Waals surface area contributed by atoms with E-state index < -0.39 is 18.0 Å². The molecule has 0 fully saturated rings. The Hall–Kier alpha value is -3.73. The van der Waals surface area contributed by atoms with Gasteiger partial charge in [0.1, 0.15) is 0 Å². The largest absolute Gasteiger partial charge is 0.481 e. The first-order valence-electron chi connectivity index (χ1n) is 12.9. The van der Waals surface area contributed by atoms with Crippen molar-refractivity contribution in [2.24, 2.45) is 5.92 Å². The van der Waals surface area contributed by atoms with Gasteiger partial charge in [0.25, 0.3) is 0 Å². The number of carboxylic acid groups (broad SMARTS) is 1. The predicted molar refractivity (Wildman–Crippen MR) is 148 cm³/mol. The number of hydrogen-bond donors (Lipinski definition) is 2. The minimum atomic E-state index is -0.876. The van der Waals surface area contributed by atoms with Crippen LogP contribution >= 0.6 is 0 Å². The van der Waals surface area contributed by atoms with Gasteiger partial charge in [0.15, 0.2) is 0 Å². The predicted octanol–water partition coefficient (Wildman–Crippen LogP) is 5.99. The van der Waals surface area contributed by atoms with Crippen LogP contribution in [-0.4, -0.2) is 33.2 Å². The van der Waals surface area contributed by atoms with E-state index in [0.717, 1.165) is 22.3 Å². The lowest BCUT2D eigenvalue weighted by molar-refractivity contribution is -0.143. The van der Waals surface area contributed by atoms with Gasteiger partial charge in [-0.05, 0) is 41.5 Å². The SMILES string of the molecule is O=C(O)[C@@H](Cc1ccccc1)C[C@H](O)[C@H](Cc1ccccc1)N(Cc1ccccc1)Cc1ccccc1. The molecule has 0 bridgehead atoms. The standard InChI is InChI=1S/C33H35NO3/c35-32(23-30(33(36)37)21-26-13-5-1-6-14-26)31(22-27-15-7-2-8-16-27)34(24-28-17-9-3-10-18-28)25-29-19-11-4-12-20-29/h1-20,30-32,35H,21-25H2,(H,36,37)/t30-,31-,32-/m0/s1. The van der Waals surface area contributed by atoms with Crippen molar-refractivity contribution in [2.75, 3.05) is 0 Å². The second kappa shape index (κ2) is 13.5. The summed E-state index contributed by atoms with van der Waals surface area (Å²) in [6, 6.07) is 40.0. The van der Waals surface area contributed by atoms with Gasteiger partial charge in [-0.2, -0.15) is 0 Å². The summed E-state index contributed by atoms with van der Waals surface area (Å²) in [4.78, 5) is 14.5. The Morgan fingerprint density at radius 1 is 0.595 bits per heavy atom. The van der Waals surface area contributed by atoms with Crippen LogP contribution in [-0.2, 0) is 30.7 Å². The van der Waals surface area contributed by atoms with E-state index in [9.17, 15) is 15.0 Å². The second-order valence-electron chi connectivity index (χ2n) is 9.66. The molecule has 0 aromatic heterocycles. The molecule has 0 aliphatic heterocycles. The summed E-state index contributed by atoms with van der Waals surface area (Å²) in [5.41, 5.74) is 4.39. The molecule has 0 radical (unpaired) electrons. The molecule has 0 aliphatic carbocycles. The number of carboxylic acids is 1. The number of carbonyl (C=O) groups is 1. The van der Waals surface area contributed by atoms with Crippen molar-refractivity contribution in [1.82, 2.24) is 4.90 Å². The zero-order chi connectivity index (χ0) is 25.9. The van der Waals surface area contributed by atoms with Gasteiger partial charge in [-0.15, -0.1) is 0 Å². The van der Waals surface area contributed by atoms with Crippen molar-refractivity contribution in [3.8, 4) is 0 Å². The number of benzene rings is 4. The highest BCUT2D eigenvalue weighted by Gasteiger charge is 2.31. The monoisotopic (exact) mass is 493 g/mol. The highest BCUT2D eigenvalue weighted by molar-refractivity contribution is 5.70. The molecule has 0 saturated carbocycles. The van der Waals surface area contributed by atoms with E-state index in [1.165, 1.54) is 0 Å². The van der Waals surface area contributed by atoms with E-state index in [4.69, 9.17) is 0 Å². The van der Waals surface area contributed by atoms with Crippen molar-refractivity contribution in [2.45, 2.75) is 44.5 Å². The first kappa shape index (κ1) is 26.3. The molecule has 0 amide bonds. The van der Waals surface area contributed by atoms with Crippen molar-refractivity contribution in [1.29, 1.82) is 0 Å². The van der Waals surface area contributed by atoms with Crippen LogP contribution in [0.3, 0.4) is 0 Å². The van der Waals surface area contributed by atoms with E-state index in [1.807, 2.05) is 84.9 Å². The van der Waals surface area contributed by atoms with Crippen LogP contribution in [0, 0.1) is 5.92 Å². The van der Waals surface area contributed by atoms with Gasteiger partial charge in [-0.3, -0.25) is 9.69 Å². The summed E-state index contributed by atoms with van der Waals surface area (Å²) < 4.78 is 0. The van der Waals surface area contributed by atoms with Gasteiger partial charge in [0.05, 0.1) is 12.0 Å².